The first-order valence-electron chi connectivity index (χ1n) is 11.8. The van der Waals surface area contributed by atoms with Crippen molar-refractivity contribution >= 4 is 17.9 Å². The molecule has 0 saturated heterocycles. The molecule has 4 aromatic rings. The van der Waals surface area contributed by atoms with Gasteiger partial charge in [-0.25, -0.2) is 14.6 Å². The zero-order valence-electron chi connectivity index (χ0n) is 21.8. The molecule has 0 bridgehead atoms. The van der Waals surface area contributed by atoms with Crippen molar-refractivity contribution in [3.63, 3.8) is 0 Å². The molecule has 0 aliphatic heterocycles. The third kappa shape index (κ3) is 7.36. The highest BCUT2D eigenvalue weighted by Crippen LogP contribution is 2.30. The van der Waals surface area contributed by atoms with Gasteiger partial charge in [-0.15, -0.1) is 0 Å². The van der Waals surface area contributed by atoms with Crippen LogP contribution in [0.5, 0.6) is 11.5 Å². The lowest BCUT2D eigenvalue weighted by Gasteiger charge is -2.13. The second kappa shape index (κ2) is 13.0. The van der Waals surface area contributed by atoms with E-state index in [1.165, 1.54) is 11.1 Å². The topological polar surface area (TPSA) is 123 Å². The van der Waals surface area contributed by atoms with Crippen LogP contribution in [0.2, 0.25) is 0 Å². The number of imidazole rings is 1. The maximum atomic E-state index is 9.10. The number of nitrogens with zero attached hydrogens (tertiary/aromatic N) is 2. The van der Waals surface area contributed by atoms with Crippen molar-refractivity contribution in [2.75, 3.05) is 12.4 Å². The Labute approximate surface area is 221 Å². The van der Waals surface area contributed by atoms with Crippen molar-refractivity contribution in [3.05, 3.63) is 95.2 Å². The fourth-order valence-electron chi connectivity index (χ4n) is 3.60. The molecular weight excluding hydrogens is 486 g/mol. The van der Waals surface area contributed by atoms with Crippen LogP contribution in [-0.2, 0) is 29.8 Å². The van der Waals surface area contributed by atoms with Crippen LogP contribution in [0.1, 0.15) is 22.3 Å². The largest absolute Gasteiger partial charge is 0.493 e. The van der Waals surface area contributed by atoms with Crippen molar-refractivity contribution in [1.29, 1.82) is 0 Å². The molecule has 198 valence electrons. The molecule has 0 unspecified atom stereocenters. The Morgan fingerprint density at radius 2 is 1.61 bits per heavy atom. The van der Waals surface area contributed by atoms with Gasteiger partial charge in [0.2, 0.25) is 5.95 Å². The van der Waals surface area contributed by atoms with E-state index in [2.05, 4.69) is 46.9 Å². The number of rotatable bonds is 8. The summed E-state index contributed by atoms with van der Waals surface area (Å²) in [6, 6.07) is 22.6. The molecule has 3 N–H and O–H groups in total. The zero-order valence-corrected chi connectivity index (χ0v) is 21.8. The quantitative estimate of drug-likeness (QED) is 0.277. The smallest absolute Gasteiger partial charge is 0.414 e. The number of nitrogens with one attached hydrogen (secondary N) is 1. The van der Waals surface area contributed by atoms with Crippen LogP contribution < -0.4 is 14.8 Å². The summed E-state index contributed by atoms with van der Waals surface area (Å²) in [6.07, 6.45) is 1.91. The number of carbonyl (C=O) groups is 2. The summed E-state index contributed by atoms with van der Waals surface area (Å²) in [7, 11) is 3.69. The maximum Gasteiger partial charge on any atom is 0.414 e. The molecule has 3 aromatic carbocycles. The van der Waals surface area contributed by atoms with Crippen LogP contribution >= 0.6 is 0 Å². The SMILES string of the molecule is COc1ccc(CNc2ncc(-c3ccc(C)c(C)c3)n2C)cc1OCc1ccccc1.O=C(O)C(=O)O. The van der Waals surface area contributed by atoms with E-state index in [0.29, 0.717) is 13.2 Å². The molecule has 0 atom stereocenters. The summed E-state index contributed by atoms with van der Waals surface area (Å²) >= 11 is 0. The molecule has 38 heavy (non-hydrogen) atoms. The van der Waals surface area contributed by atoms with Crippen LogP contribution in [-0.4, -0.2) is 38.8 Å². The summed E-state index contributed by atoms with van der Waals surface area (Å²) in [4.78, 5) is 22.8. The highest BCUT2D eigenvalue weighted by molar-refractivity contribution is 6.27. The third-order valence-electron chi connectivity index (χ3n) is 5.89. The predicted octanol–water partition coefficient (Wildman–Crippen LogP) is 5.06. The van der Waals surface area contributed by atoms with Crippen molar-refractivity contribution in [2.24, 2.45) is 7.05 Å². The lowest BCUT2D eigenvalue weighted by molar-refractivity contribution is -0.159. The first-order valence-corrected chi connectivity index (χ1v) is 11.8. The lowest BCUT2D eigenvalue weighted by Crippen LogP contribution is -2.09. The fourth-order valence-corrected chi connectivity index (χ4v) is 3.60. The van der Waals surface area contributed by atoms with Crippen molar-refractivity contribution in [3.8, 4) is 22.8 Å². The average molecular weight is 518 g/mol. The molecule has 0 radical (unpaired) electrons. The molecular formula is C29H31N3O6. The molecule has 0 spiro atoms. The van der Waals surface area contributed by atoms with Gasteiger partial charge in [-0.05, 0) is 54.3 Å². The van der Waals surface area contributed by atoms with Gasteiger partial charge < -0.3 is 29.6 Å². The van der Waals surface area contributed by atoms with E-state index in [9.17, 15) is 0 Å². The van der Waals surface area contributed by atoms with Gasteiger partial charge in [-0.3, -0.25) is 0 Å². The van der Waals surface area contributed by atoms with E-state index in [0.717, 1.165) is 39.8 Å². The number of benzene rings is 3. The minimum Gasteiger partial charge on any atom is -0.493 e. The Morgan fingerprint density at radius 3 is 2.24 bits per heavy atom. The molecule has 0 fully saturated rings. The van der Waals surface area contributed by atoms with E-state index >= 15 is 0 Å². The summed E-state index contributed by atoms with van der Waals surface area (Å²) in [5.74, 6) is -1.38. The number of aliphatic carboxylic acids is 2. The average Bonchev–Trinajstić information content (AvgIpc) is 3.28. The number of ether oxygens (including phenoxy) is 2. The van der Waals surface area contributed by atoms with Gasteiger partial charge in [0, 0.05) is 19.2 Å². The number of hydrogen-bond donors (Lipinski definition) is 3. The summed E-state index contributed by atoms with van der Waals surface area (Å²) in [6.45, 7) is 5.38. The van der Waals surface area contributed by atoms with Gasteiger partial charge in [0.15, 0.2) is 11.5 Å². The van der Waals surface area contributed by atoms with Gasteiger partial charge in [0.25, 0.3) is 0 Å². The second-order valence-corrected chi connectivity index (χ2v) is 8.55. The maximum absolute atomic E-state index is 9.10. The van der Waals surface area contributed by atoms with Crippen LogP contribution in [0.15, 0.2) is 72.9 Å². The Morgan fingerprint density at radius 1 is 0.895 bits per heavy atom. The molecule has 9 nitrogen and oxygen atoms in total. The first kappa shape index (κ1) is 27.8. The van der Waals surface area contributed by atoms with Crippen LogP contribution in [0.3, 0.4) is 0 Å². The fraction of sp³-hybridized carbons (Fsp3) is 0.207. The van der Waals surface area contributed by atoms with Crippen LogP contribution in [0, 0.1) is 13.8 Å². The molecule has 0 amide bonds. The monoisotopic (exact) mass is 517 g/mol. The van der Waals surface area contributed by atoms with Crippen molar-refractivity contribution in [1.82, 2.24) is 9.55 Å². The molecule has 0 saturated carbocycles. The lowest BCUT2D eigenvalue weighted by atomic mass is 10.0. The van der Waals surface area contributed by atoms with E-state index in [4.69, 9.17) is 29.3 Å². The minimum absolute atomic E-state index is 0.493. The highest BCUT2D eigenvalue weighted by atomic mass is 16.5. The minimum atomic E-state index is -1.82. The summed E-state index contributed by atoms with van der Waals surface area (Å²) in [5.41, 5.74) is 7.02. The second-order valence-electron chi connectivity index (χ2n) is 8.55. The molecule has 9 heteroatoms. The van der Waals surface area contributed by atoms with Gasteiger partial charge in [-0.2, -0.15) is 0 Å². The highest BCUT2D eigenvalue weighted by Gasteiger charge is 2.11. The number of anilines is 1. The predicted molar refractivity (Wildman–Crippen MR) is 144 cm³/mol. The van der Waals surface area contributed by atoms with Gasteiger partial charge in [0.1, 0.15) is 6.61 Å². The van der Waals surface area contributed by atoms with E-state index < -0.39 is 11.9 Å². The van der Waals surface area contributed by atoms with E-state index in [1.54, 1.807) is 7.11 Å². The third-order valence-corrected chi connectivity index (χ3v) is 5.89. The van der Waals surface area contributed by atoms with Gasteiger partial charge in [0.05, 0.1) is 19.0 Å². The standard InChI is InChI=1S/C27H29N3O2.C2H2O4/c1-19-10-12-23(14-20(19)2)24-17-29-27(30(24)3)28-16-22-11-13-25(31-4)26(15-22)32-18-21-8-6-5-7-9-21;3-1(4)2(5)6/h5-15,17H,16,18H2,1-4H3,(H,28,29);(H,3,4)(H,5,6). The van der Waals surface area contributed by atoms with E-state index in [-0.39, 0.29) is 0 Å². The van der Waals surface area contributed by atoms with Crippen molar-refractivity contribution < 1.29 is 29.3 Å². The Kier molecular flexibility index (Phi) is 9.48. The van der Waals surface area contributed by atoms with Crippen LogP contribution in [0.4, 0.5) is 5.95 Å². The van der Waals surface area contributed by atoms with Gasteiger partial charge >= 0.3 is 11.9 Å². The number of aryl methyl sites for hydroxylation is 2. The Bertz CT molecular complexity index is 1390. The Hall–Kier alpha value is -4.79. The number of carboxylic acids is 2. The zero-order chi connectivity index (χ0) is 27.7. The summed E-state index contributed by atoms with van der Waals surface area (Å²) < 4.78 is 13.6. The molecule has 4 rings (SSSR count). The number of carboxylic acid groups (broad SMARTS) is 2. The number of methoxy groups -OCH3 is 1. The number of aromatic nitrogens is 2. The molecule has 0 aliphatic rings. The Balaban J connectivity index is 0.000000599. The van der Waals surface area contributed by atoms with Gasteiger partial charge in [-0.1, -0.05) is 48.5 Å². The van der Waals surface area contributed by atoms with Crippen molar-refractivity contribution in [2.45, 2.75) is 27.0 Å². The molecule has 1 heterocycles. The number of hydrogen-bond acceptors (Lipinski definition) is 6. The first-order chi connectivity index (χ1) is 18.2. The summed E-state index contributed by atoms with van der Waals surface area (Å²) in [5, 5.41) is 18.2. The van der Waals surface area contributed by atoms with Crippen LogP contribution in [0.25, 0.3) is 11.3 Å². The molecule has 0 aliphatic carbocycles. The van der Waals surface area contributed by atoms with E-state index in [1.807, 2.05) is 61.8 Å². The molecule has 1 aromatic heterocycles. The normalized spacial score (nSPS) is 10.2.